The smallest absolute Gasteiger partial charge is 0.155 e. The Bertz CT molecular complexity index is 451. The lowest BCUT2D eigenvalue weighted by Crippen LogP contribution is -2.54. The lowest BCUT2D eigenvalue weighted by atomic mass is 10.4. The molecule has 86 valence electrons. The molecular weight excluding hydrogens is 244 g/mol. The van der Waals surface area contributed by atoms with Crippen molar-refractivity contribution in [1.82, 2.24) is 0 Å². The predicted octanol–water partition coefficient (Wildman–Crippen LogP) is 3.15. The van der Waals surface area contributed by atoms with Crippen molar-refractivity contribution >= 4 is 28.8 Å². The second-order valence-corrected chi connectivity index (χ2v) is 9.90. The van der Waals surface area contributed by atoms with E-state index in [1.807, 2.05) is 0 Å². The molecule has 1 aliphatic rings. The Morgan fingerprint density at radius 3 is 1.53 bits per heavy atom. The topological polar surface area (TPSA) is 0 Å². The maximum atomic E-state index is 7.13. The predicted molar refractivity (Wildman–Crippen MR) is 76.7 cm³/mol. The van der Waals surface area contributed by atoms with E-state index in [1.165, 1.54) is 23.2 Å². The van der Waals surface area contributed by atoms with Gasteiger partial charge in [-0.2, -0.15) is 11.1 Å². The first-order valence-electron chi connectivity index (χ1n) is 6.12. The van der Waals surface area contributed by atoms with E-state index in [0.29, 0.717) is 5.54 Å². The third-order valence-corrected chi connectivity index (χ3v) is 9.81. The molecule has 2 aromatic rings. The quantitative estimate of drug-likeness (QED) is 0.586. The molecule has 0 atom stereocenters. The van der Waals surface area contributed by atoms with Gasteiger partial charge in [-0.15, -0.1) is 0 Å². The van der Waals surface area contributed by atoms with Gasteiger partial charge < -0.3 is 0 Å². The summed E-state index contributed by atoms with van der Waals surface area (Å²) in [6.07, 6.45) is 2.58. The Labute approximate surface area is 108 Å². The second kappa shape index (κ2) is 4.32. The fraction of sp³-hybridized carbons (Fsp3) is 0.200. The fourth-order valence-corrected chi connectivity index (χ4v) is 7.48. The zero-order valence-electron chi connectivity index (χ0n) is 9.64. The average Bonchev–Trinajstić information content (AvgIpc) is 3.24. The summed E-state index contributed by atoms with van der Waals surface area (Å²) in [6, 6.07) is 21.3. The molecule has 3 rings (SSSR count). The van der Waals surface area contributed by atoms with Crippen LogP contribution in [0.2, 0.25) is 5.54 Å². The highest BCUT2D eigenvalue weighted by molar-refractivity contribution is 7.35. The van der Waals surface area contributed by atoms with Crippen molar-refractivity contribution < 1.29 is 0 Å². The van der Waals surface area contributed by atoms with Gasteiger partial charge in [-0.05, 0) is 15.9 Å². The minimum absolute atomic E-state index is 0.717. The third kappa shape index (κ3) is 1.94. The van der Waals surface area contributed by atoms with E-state index in [1.54, 1.807) is 0 Å². The van der Waals surface area contributed by atoms with Crippen molar-refractivity contribution in [2.45, 2.75) is 18.4 Å². The second-order valence-electron chi connectivity index (χ2n) is 4.72. The highest BCUT2D eigenvalue weighted by atomic mass is 35.6. The zero-order chi connectivity index (χ0) is 11.7. The fourth-order valence-electron chi connectivity index (χ4n) is 2.48. The summed E-state index contributed by atoms with van der Waals surface area (Å²) in [5, 5.41) is 2.71. The largest absolute Gasteiger partial charge is 0.220 e. The van der Waals surface area contributed by atoms with Crippen LogP contribution >= 0.6 is 11.1 Å². The number of halogens is 1. The number of benzene rings is 2. The van der Waals surface area contributed by atoms with Crippen LogP contribution < -0.4 is 10.4 Å². The van der Waals surface area contributed by atoms with Crippen molar-refractivity contribution in [2.75, 3.05) is 0 Å². The van der Waals surface area contributed by atoms with Crippen LogP contribution in [0.15, 0.2) is 60.7 Å². The summed E-state index contributed by atoms with van der Waals surface area (Å²) in [5.74, 6) is 0. The van der Waals surface area contributed by atoms with E-state index in [2.05, 4.69) is 60.7 Å². The minimum Gasteiger partial charge on any atom is -0.155 e. The van der Waals surface area contributed by atoms with Crippen LogP contribution in [-0.2, 0) is 0 Å². The molecule has 1 aliphatic carbocycles. The molecule has 0 spiro atoms. The maximum absolute atomic E-state index is 7.13. The number of hydrogen-bond acceptors (Lipinski definition) is 0. The van der Waals surface area contributed by atoms with Crippen LogP contribution in [0.3, 0.4) is 0 Å². The van der Waals surface area contributed by atoms with Gasteiger partial charge in [-0.25, -0.2) is 0 Å². The Kier molecular flexibility index (Phi) is 2.81. The van der Waals surface area contributed by atoms with Crippen molar-refractivity contribution in [3.05, 3.63) is 60.7 Å². The SMILES string of the molecule is Cl[Si](c1ccccc1)(c1ccccc1)C1CC1. The van der Waals surface area contributed by atoms with Gasteiger partial charge in [0.25, 0.3) is 0 Å². The molecule has 17 heavy (non-hydrogen) atoms. The van der Waals surface area contributed by atoms with Gasteiger partial charge in [-0.3, -0.25) is 0 Å². The van der Waals surface area contributed by atoms with E-state index < -0.39 is 7.38 Å². The van der Waals surface area contributed by atoms with Gasteiger partial charge in [0.15, 0.2) is 0 Å². The minimum atomic E-state index is -2.00. The summed E-state index contributed by atoms with van der Waals surface area (Å²) >= 11 is 7.13. The van der Waals surface area contributed by atoms with Crippen LogP contribution in [0.5, 0.6) is 0 Å². The average molecular weight is 259 g/mol. The van der Waals surface area contributed by atoms with Gasteiger partial charge in [0.05, 0.1) is 0 Å². The monoisotopic (exact) mass is 258 g/mol. The molecule has 0 nitrogen and oxygen atoms in total. The summed E-state index contributed by atoms with van der Waals surface area (Å²) in [5.41, 5.74) is 0.717. The molecule has 0 aliphatic heterocycles. The van der Waals surface area contributed by atoms with Crippen LogP contribution in [-0.4, -0.2) is 7.38 Å². The van der Waals surface area contributed by atoms with Crippen molar-refractivity contribution in [1.29, 1.82) is 0 Å². The summed E-state index contributed by atoms with van der Waals surface area (Å²) < 4.78 is 0. The Hall–Kier alpha value is -1.05. The molecule has 1 fully saturated rings. The summed E-state index contributed by atoms with van der Waals surface area (Å²) in [6.45, 7) is 0. The number of rotatable bonds is 3. The first-order chi connectivity index (χ1) is 8.32. The standard InChI is InChI=1S/C15H15ClSi/c16-17(15-11-12-15,13-7-3-1-4-8-13)14-9-5-2-6-10-14/h1-10,15H,11-12H2. The molecular formula is C15H15ClSi. The van der Waals surface area contributed by atoms with Gasteiger partial charge in [0.2, 0.25) is 7.38 Å². The molecule has 0 saturated heterocycles. The molecule has 0 unspecified atom stereocenters. The lowest BCUT2D eigenvalue weighted by molar-refractivity contribution is 1.40. The van der Waals surface area contributed by atoms with Gasteiger partial charge in [0.1, 0.15) is 0 Å². The first kappa shape index (κ1) is 11.1. The zero-order valence-corrected chi connectivity index (χ0v) is 11.4. The highest BCUT2D eigenvalue weighted by Crippen LogP contribution is 2.46. The third-order valence-electron chi connectivity index (χ3n) is 3.53. The molecule has 0 N–H and O–H groups in total. The molecule has 2 aromatic carbocycles. The normalized spacial score (nSPS) is 15.8. The molecule has 0 amide bonds. The van der Waals surface area contributed by atoms with Crippen molar-refractivity contribution in [2.24, 2.45) is 0 Å². The van der Waals surface area contributed by atoms with Crippen LogP contribution in [0.1, 0.15) is 12.8 Å². The maximum Gasteiger partial charge on any atom is 0.220 e. The molecule has 0 radical (unpaired) electrons. The van der Waals surface area contributed by atoms with Gasteiger partial charge in [-0.1, -0.05) is 73.5 Å². The van der Waals surface area contributed by atoms with E-state index in [-0.39, 0.29) is 0 Å². The molecule has 0 aromatic heterocycles. The Balaban J connectivity index is 2.11. The van der Waals surface area contributed by atoms with Crippen molar-refractivity contribution in [3.8, 4) is 0 Å². The van der Waals surface area contributed by atoms with E-state index in [9.17, 15) is 0 Å². The molecule has 0 bridgehead atoms. The highest BCUT2D eigenvalue weighted by Gasteiger charge is 2.49. The summed E-state index contributed by atoms with van der Waals surface area (Å²) in [4.78, 5) is 0. The first-order valence-corrected chi connectivity index (χ1v) is 9.20. The van der Waals surface area contributed by atoms with E-state index in [4.69, 9.17) is 11.1 Å². The van der Waals surface area contributed by atoms with Crippen molar-refractivity contribution in [3.63, 3.8) is 0 Å². The van der Waals surface area contributed by atoms with E-state index >= 15 is 0 Å². The lowest BCUT2D eigenvalue weighted by Gasteiger charge is -2.25. The van der Waals surface area contributed by atoms with Gasteiger partial charge >= 0.3 is 0 Å². The van der Waals surface area contributed by atoms with Crippen LogP contribution in [0.4, 0.5) is 0 Å². The molecule has 1 saturated carbocycles. The van der Waals surface area contributed by atoms with Gasteiger partial charge in [0, 0.05) is 0 Å². The van der Waals surface area contributed by atoms with Crippen LogP contribution in [0, 0.1) is 0 Å². The Morgan fingerprint density at radius 2 is 1.18 bits per heavy atom. The number of hydrogen-bond donors (Lipinski definition) is 0. The Morgan fingerprint density at radius 1 is 0.765 bits per heavy atom. The van der Waals surface area contributed by atoms with Crippen LogP contribution in [0.25, 0.3) is 0 Å². The molecule has 2 heteroatoms. The molecule has 0 heterocycles. The summed E-state index contributed by atoms with van der Waals surface area (Å²) in [7, 11) is -2.00. The van der Waals surface area contributed by atoms with E-state index in [0.717, 1.165) is 0 Å².